The molecule has 19 heavy (non-hydrogen) atoms. The van der Waals surface area contributed by atoms with Crippen LogP contribution in [0.1, 0.15) is 18.9 Å². The van der Waals surface area contributed by atoms with E-state index >= 15 is 0 Å². The fourth-order valence-electron chi connectivity index (χ4n) is 1.46. The fraction of sp³-hybridized carbons (Fsp3) is 0.214. The van der Waals surface area contributed by atoms with Crippen molar-refractivity contribution in [2.45, 2.75) is 13.3 Å². The molecule has 5 nitrogen and oxygen atoms in total. The summed E-state index contributed by atoms with van der Waals surface area (Å²) in [6.07, 6.45) is 1.55. The van der Waals surface area contributed by atoms with Crippen LogP contribution < -0.4 is 5.43 Å². The average molecular weight is 254 g/mol. The van der Waals surface area contributed by atoms with E-state index < -0.39 is 0 Å². The van der Waals surface area contributed by atoms with Gasteiger partial charge in [0.25, 0.3) is 0 Å². The molecule has 0 bridgehead atoms. The van der Waals surface area contributed by atoms with Gasteiger partial charge in [-0.2, -0.15) is 10.5 Å². The van der Waals surface area contributed by atoms with Crippen LogP contribution in [-0.4, -0.2) is 17.5 Å². The molecule has 0 heterocycles. The molecule has 0 aliphatic carbocycles. The Kier molecular flexibility index (Phi) is 5.65. The molecule has 1 amide bonds. The molecule has 1 aromatic rings. The van der Waals surface area contributed by atoms with E-state index in [0.717, 1.165) is 5.56 Å². The van der Waals surface area contributed by atoms with Crippen LogP contribution in [0.15, 0.2) is 36.4 Å². The molecule has 1 rings (SSSR count). The predicted octanol–water partition coefficient (Wildman–Crippen LogP) is 1.82. The molecule has 0 unspecified atom stereocenters. The first-order chi connectivity index (χ1) is 9.19. The summed E-state index contributed by atoms with van der Waals surface area (Å²) in [5.74, 6) is -0.213. The van der Waals surface area contributed by atoms with Gasteiger partial charge in [-0.15, -0.1) is 0 Å². The van der Waals surface area contributed by atoms with E-state index in [2.05, 4.69) is 5.43 Å². The summed E-state index contributed by atoms with van der Waals surface area (Å²) in [7, 11) is 0. The molecule has 0 aliphatic rings. The van der Waals surface area contributed by atoms with Crippen molar-refractivity contribution in [3.63, 3.8) is 0 Å². The lowest BCUT2D eigenvalue weighted by atomic mass is 10.1. The normalized spacial score (nSPS) is 10.2. The van der Waals surface area contributed by atoms with Crippen molar-refractivity contribution in [1.29, 1.82) is 10.5 Å². The number of allylic oxidation sites excluding steroid dienone is 1. The van der Waals surface area contributed by atoms with Gasteiger partial charge in [-0.05, 0) is 0 Å². The van der Waals surface area contributed by atoms with Crippen LogP contribution in [0.3, 0.4) is 0 Å². The van der Waals surface area contributed by atoms with E-state index in [9.17, 15) is 4.79 Å². The van der Waals surface area contributed by atoms with Gasteiger partial charge in [0.1, 0.15) is 0 Å². The van der Waals surface area contributed by atoms with Gasteiger partial charge >= 0.3 is 0 Å². The lowest BCUT2D eigenvalue weighted by molar-refractivity contribution is -0.130. The molecule has 0 fully saturated rings. The Morgan fingerprint density at radius 3 is 2.58 bits per heavy atom. The van der Waals surface area contributed by atoms with E-state index in [1.807, 2.05) is 42.5 Å². The number of benzene rings is 1. The van der Waals surface area contributed by atoms with Crippen molar-refractivity contribution < 1.29 is 4.79 Å². The van der Waals surface area contributed by atoms with Crippen molar-refractivity contribution in [2.75, 3.05) is 6.54 Å². The van der Waals surface area contributed by atoms with E-state index in [1.165, 1.54) is 18.0 Å². The zero-order valence-electron chi connectivity index (χ0n) is 10.6. The minimum Gasteiger partial charge on any atom is -0.295 e. The SMILES string of the molecule is CC(=O)N(CCC#N)N/C(=C\C#N)c1ccccc1. The molecule has 0 aromatic heterocycles. The molecule has 0 saturated heterocycles. The quantitative estimate of drug-likeness (QED) is 0.642. The maximum absolute atomic E-state index is 11.5. The minimum absolute atomic E-state index is 0.213. The second-order valence-electron chi connectivity index (χ2n) is 3.74. The number of hydrogen-bond donors (Lipinski definition) is 1. The van der Waals surface area contributed by atoms with E-state index in [0.29, 0.717) is 5.70 Å². The summed E-state index contributed by atoms with van der Waals surface area (Å²) in [6.45, 7) is 1.67. The van der Waals surface area contributed by atoms with Gasteiger partial charge < -0.3 is 0 Å². The largest absolute Gasteiger partial charge is 0.295 e. The van der Waals surface area contributed by atoms with Gasteiger partial charge in [0.05, 0.1) is 30.8 Å². The molecule has 5 heteroatoms. The molecule has 96 valence electrons. The van der Waals surface area contributed by atoms with Gasteiger partial charge in [0, 0.05) is 18.6 Å². The molecule has 0 spiro atoms. The number of carbonyl (C=O) groups excluding carboxylic acids is 1. The molecule has 0 saturated carbocycles. The van der Waals surface area contributed by atoms with E-state index in [-0.39, 0.29) is 18.9 Å². The Morgan fingerprint density at radius 1 is 1.37 bits per heavy atom. The number of nitrogens with one attached hydrogen (secondary N) is 1. The van der Waals surface area contributed by atoms with Gasteiger partial charge in [0.2, 0.25) is 5.91 Å². The fourth-order valence-corrected chi connectivity index (χ4v) is 1.46. The zero-order valence-corrected chi connectivity index (χ0v) is 10.6. The third-order valence-corrected chi connectivity index (χ3v) is 2.38. The molecular weight excluding hydrogens is 240 g/mol. The predicted molar refractivity (Wildman–Crippen MR) is 70.8 cm³/mol. The highest BCUT2D eigenvalue weighted by molar-refractivity contribution is 5.75. The summed E-state index contributed by atoms with van der Waals surface area (Å²) >= 11 is 0. The Balaban J connectivity index is 2.90. The highest BCUT2D eigenvalue weighted by atomic mass is 16.2. The Labute approximate surface area is 112 Å². The smallest absolute Gasteiger partial charge is 0.237 e. The zero-order chi connectivity index (χ0) is 14.1. The van der Waals surface area contributed by atoms with Gasteiger partial charge in [-0.1, -0.05) is 30.3 Å². The Morgan fingerprint density at radius 2 is 2.05 bits per heavy atom. The monoisotopic (exact) mass is 254 g/mol. The summed E-state index contributed by atoms with van der Waals surface area (Å²) in [5, 5.41) is 18.7. The molecule has 1 aromatic carbocycles. The topological polar surface area (TPSA) is 79.9 Å². The van der Waals surface area contributed by atoms with Crippen LogP contribution in [-0.2, 0) is 4.79 Å². The van der Waals surface area contributed by atoms with Gasteiger partial charge in [-0.25, -0.2) is 0 Å². The van der Waals surface area contributed by atoms with Crippen molar-refractivity contribution in [3.05, 3.63) is 42.0 Å². The number of amides is 1. The van der Waals surface area contributed by atoms with Gasteiger partial charge in [-0.3, -0.25) is 15.2 Å². The average Bonchev–Trinajstić information content (AvgIpc) is 2.43. The standard InChI is InChI=1S/C14H14N4O/c1-12(19)18(11-5-9-15)17-14(8-10-16)13-6-3-2-4-7-13/h2-4,6-8,17H,5,11H2,1H3/b14-8-. The summed E-state index contributed by atoms with van der Waals surface area (Å²) in [4.78, 5) is 11.5. The maximum atomic E-state index is 11.5. The first-order valence-corrected chi connectivity index (χ1v) is 5.76. The second kappa shape index (κ2) is 7.52. The molecule has 0 atom stereocenters. The van der Waals surface area contributed by atoms with Crippen LogP contribution in [0, 0.1) is 22.7 Å². The lowest BCUT2D eigenvalue weighted by Crippen LogP contribution is -2.41. The number of hydrogen-bond acceptors (Lipinski definition) is 4. The first-order valence-electron chi connectivity index (χ1n) is 5.76. The van der Waals surface area contributed by atoms with Crippen molar-refractivity contribution in [1.82, 2.24) is 10.4 Å². The van der Waals surface area contributed by atoms with Crippen LogP contribution in [0.5, 0.6) is 0 Å². The first kappa shape index (κ1) is 14.3. The van der Waals surface area contributed by atoms with Crippen molar-refractivity contribution in [3.8, 4) is 12.1 Å². The van der Waals surface area contributed by atoms with Gasteiger partial charge in [0.15, 0.2) is 0 Å². The summed E-state index contributed by atoms with van der Waals surface area (Å²) in [6, 6.07) is 13.1. The molecule has 1 N–H and O–H groups in total. The summed E-state index contributed by atoms with van der Waals surface area (Å²) < 4.78 is 0. The van der Waals surface area contributed by atoms with Crippen molar-refractivity contribution >= 4 is 11.6 Å². The highest BCUT2D eigenvalue weighted by Gasteiger charge is 2.10. The minimum atomic E-state index is -0.213. The second-order valence-corrected chi connectivity index (χ2v) is 3.74. The number of nitrogens with zero attached hydrogens (tertiary/aromatic N) is 3. The number of hydrazine groups is 1. The van der Waals surface area contributed by atoms with Crippen LogP contribution >= 0.6 is 0 Å². The molecule has 0 aliphatic heterocycles. The number of rotatable bonds is 5. The van der Waals surface area contributed by atoms with Crippen LogP contribution in [0.25, 0.3) is 5.70 Å². The summed E-state index contributed by atoms with van der Waals surface area (Å²) in [5.41, 5.74) is 4.20. The highest BCUT2D eigenvalue weighted by Crippen LogP contribution is 2.11. The number of nitriles is 2. The van der Waals surface area contributed by atoms with E-state index in [1.54, 1.807) is 0 Å². The third-order valence-electron chi connectivity index (χ3n) is 2.38. The van der Waals surface area contributed by atoms with Crippen LogP contribution in [0.2, 0.25) is 0 Å². The van der Waals surface area contributed by atoms with Crippen molar-refractivity contribution in [2.24, 2.45) is 0 Å². The Hall–Kier alpha value is -2.79. The lowest BCUT2D eigenvalue weighted by Gasteiger charge is -2.23. The van der Waals surface area contributed by atoms with E-state index in [4.69, 9.17) is 10.5 Å². The Bertz CT molecular complexity index is 537. The number of carbonyl (C=O) groups is 1. The molecular formula is C14H14N4O. The maximum Gasteiger partial charge on any atom is 0.237 e. The third kappa shape index (κ3) is 4.53. The molecule has 0 radical (unpaired) electrons. The van der Waals surface area contributed by atoms with Crippen LogP contribution in [0.4, 0.5) is 0 Å².